The van der Waals surface area contributed by atoms with Gasteiger partial charge in [-0.25, -0.2) is 4.98 Å². The molecule has 0 saturated carbocycles. The lowest BCUT2D eigenvalue weighted by Crippen LogP contribution is -1.87. The van der Waals surface area contributed by atoms with Gasteiger partial charge in [0.2, 0.25) is 0 Å². The standard InChI is InChI=1S/C25H18N6/c1-15-8-10-26-14-20(15)16-11-19-24(30-31-25(19)28-13-16)23-12-18-17(5-4-7-22(18)29-23)21-6-2-3-9-27-21/h2-14,29H,1H3,(H,28,30,31). The highest BCUT2D eigenvalue weighted by atomic mass is 15.2. The highest BCUT2D eigenvalue weighted by Crippen LogP contribution is 2.34. The molecular weight excluding hydrogens is 384 g/mol. The molecule has 148 valence electrons. The number of H-pyrrole nitrogens is 2. The van der Waals surface area contributed by atoms with Crippen LogP contribution in [-0.2, 0) is 0 Å². The number of nitrogens with one attached hydrogen (secondary N) is 2. The molecule has 0 radical (unpaired) electrons. The summed E-state index contributed by atoms with van der Waals surface area (Å²) in [7, 11) is 0. The number of aromatic amines is 2. The molecule has 6 heteroatoms. The van der Waals surface area contributed by atoms with Crippen LogP contribution in [0.2, 0.25) is 0 Å². The van der Waals surface area contributed by atoms with Crippen molar-refractivity contribution in [3.8, 4) is 33.8 Å². The Hall–Kier alpha value is -4.32. The van der Waals surface area contributed by atoms with E-state index >= 15 is 0 Å². The minimum Gasteiger partial charge on any atom is -0.353 e. The molecule has 0 amide bonds. The van der Waals surface area contributed by atoms with Gasteiger partial charge in [-0.1, -0.05) is 18.2 Å². The van der Waals surface area contributed by atoms with Gasteiger partial charge in [-0.2, -0.15) is 5.10 Å². The molecule has 6 aromatic rings. The molecule has 0 fully saturated rings. The van der Waals surface area contributed by atoms with Crippen LogP contribution in [0.1, 0.15) is 5.56 Å². The van der Waals surface area contributed by atoms with Crippen molar-refractivity contribution in [3.05, 3.63) is 84.9 Å². The second-order valence-corrected chi connectivity index (χ2v) is 7.55. The van der Waals surface area contributed by atoms with Crippen LogP contribution < -0.4 is 0 Å². The van der Waals surface area contributed by atoms with Gasteiger partial charge in [0.15, 0.2) is 5.65 Å². The molecule has 2 N–H and O–H groups in total. The van der Waals surface area contributed by atoms with Gasteiger partial charge in [0.25, 0.3) is 0 Å². The van der Waals surface area contributed by atoms with E-state index in [0.29, 0.717) is 0 Å². The van der Waals surface area contributed by atoms with Crippen molar-refractivity contribution in [3.63, 3.8) is 0 Å². The fourth-order valence-electron chi connectivity index (χ4n) is 4.05. The van der Waals surface area contributed by atoms with Crippen LogP contribution in [0.5, 0.6) is 0 Å². The van der Waals surface area contributed by atoms with Crippen LogP contribution in [-0.4, -0.2) is 30.1 Å². The molecule has 0 aliphatic carbocycles. The molecule has 0 bridgehead atoms. The predicted molar refractivity (Wildman–Crippen MR) is 122 cm³/mol. The van der Waals surface area contributed by atoms with E-state index in [9.17, 15) is 0 Å². The van der Waals surface area contributed by atoms with E-state index < -0.39 is 0 Å². The van der Waals surface area contributed by atoms with Gasteiger partial charge in [-0.15, -0.1) is 0 Å². The van der Waals surface area contributed by atoms with Crippen LogP contribution in [0.3, 0.4) is 0 Å². The molecule has 5 aromatic heterocycles. The Kier molecular flexibility index (Phi) is 3.89. The number of rotatable bonds is 3. The molecule has 0 aliphatic rings. The summed E-state index contributed by atoms with van der Waals surface area (Å²) >= 11 is 0. The number of nitrogens with zero attached hydrogens (tertiary/aromatic N) is 4. The first-order chi connectivity index (χ1) is 15.3. The van der Waals surface area contributed by atoms with Crippen LogP contribution in [0.4, 0.5) is 0 Å². The van der Waals surface area contributed by atoms with Gasteiger partial charge in [-0.3, -0.25) is 15.1 Å². The lowest BCUT2D eigenvalue weighted by atomic mass is 10.0. The molecule has 6 nitrogen and oxygen atoms in total. The Balaban J connectivity index is 1.52. The summed E-state index contributed by atoms with van der Waals surface area (Å²) < 4.78 is 0. The van der Waals surface area contributed by atoms with Crippen molar-refractivity contribution in [1.82, 2.24) is 30.1 Å². The van der Waals surface area contributed by atoms with Crippen molar-refractivity contribution >= 4 is 21.9 Å². The van der Waals surface area contributed by atoms with Gasteiger partial charge in [0, 0.05) is 57.8 Å². The molecule has 0 atom stereocenters. The zero-order valence-electron chi connectivity index (χ0n) is 16.8. The first kappa shape index (κ1) is 17.5. The third-order valence-electron chi connectivity index (χ3n) is 5.63. The maximum absolute atomic E-state index is 4.59. The van der Waals surface area contributed by atoms with Crippen molar-refractivity contribution in [2.45, 2.75) is 6.92 Å². The summed E-state index contributed by atoms with van der Waals surface area (Å²) in [5.41, 5.74) is 8.86. The zero-order valence-corrected chi connectivity index (χ0v) is 16.8. The number of fused-ring (bicyclic) bond motifs is 2. The fraction of sp³-hybridized carbons (Fsp3) is 0.0400. The monoisotopic (exact) mass is 402 g/mol. The second kappa shape index (κ2) is 6.88. The third-order valence-corrected chi connectivity index (χ3v) is 5.63. The number of benzene rings is 1. The molecule has 0 unspecified atom stereocenters. The molecule has 0 spiro atoms. The average molecular weight is 402 g/mol. The molecule has 0 aliphatic heterocycles. The fourth-order valence-corrected chi connectivity index (χ4v) is 4.05. The van der Waals surface area contributed by atoms with E-state index in [2.05, 4.69) is 61.3 Å². The van der Waals surface area contributed by atoms with Crippen LogP contribution in [0.15, 0.2) is 79.4 Å². The Labute approximate surface area is 178 Å². The van der Waals surface area contributed by atoms with E-state index in [-0.39, 0.29) is 0 Å². The van der Waals surface area contributed by atoms with Crippen LogP contribution in [0.25, 0.3) is 55.7 Å². The first-order valence-corrected chi connectivity index (χ1v) is 10.1. The van der Waals surface area contributed by atoms with Crippen LogP contribution >= 0.6 is 0 Å². The van der Waals surface area contributed by atoms with Crippen molar-refractivity contribution < 1.29 is 0 Å². The lowest BCUT2D eigenvalue weighted by molar-refractivity contribution is 1.10. The summed E-state index contributed by atoms with van der Waals surface area (Å²) in [5.74, 6) is 0. The van der Waals surface area contributed by atoms with Crippen LogP contribution in [0, 0.1) is 6.92 Å². The van der Waals surface area contributed by atoms with E-state index in [1.165, 1.54) is 0 Å². The minimum atomic E-state index is 0.754. The number of aryl methyl sites for hydroxylation is 1. The van der Waals surface area contributed by atoms with Crippen molar-refractivity contribution in [2.75, 3.05) is 0 Å². The molecule has 31 heavy (non-hydrogen) atoms. The summed E-state index contributed by atoms with van der Waals surface area (Å²) in [6.07, 6.45) is 7.35. The number of hydrogen-bond acceptors (Lipinski definition) is 4. The Bertz CT molecular complexity index is 1550. The van der Waals surface area contributed by atoms with E-state index in [1.807, 2.05) is 48.9 Å². The average Bonchev–Trinajstić information content (AvgIpc) is 3.43. The molecule has 6 rings (SSSR count). The van der Waals surface area contributed by atoms with Gasteiger partial charge < -0.3 is 4.98 Å². The Morgan fingerprint density at radius 2 is 1.77 bits per heavy atom. The molecular formula is C25H18N6. The topological polar surface area (TPSA) is 83.1 Å². The highest BCUT2D eigenvalue weighted by molar-refractivity contribution is 6.00. The van der Waals surface area contributed by atoms with Gasteiger partial charge in [0.1, 0.15) is 5.69 Å². The van der Waals surface area contributed by atoms with Gasteiger partial charge >= 0.3 is 0 Å². The van der Waals surface area contributed by atoms with Crippen molar-refractivity contribution in [2.24, 2.45) is 0 Å². The summed E-state index contributed by atoms with van der Waals surface area (Å²) in [5, 5.41) is 9.71. The zero-order chi connectivity index (χ0) is 20.8. The summed E-state index contributed by atoms with van der Waals surface area (Å²) in [6, 6.07) is 18.4. The van der Waals surface area contributed by atoms with Crippen molar-refractivity contribution in [1.29, 1.82) is 0 Å². The molecule has 5 heterocycles. The third kappa shape index (κ3) is 2.88. The largest absolute Gasteiger partial charge is 0.353 e. The van der Waals surface area contributed by atoms with Gasteiger partial charge in [0.05, 0.1) is 11.4 Å². The van der Waals surface area contributed by atoms with E-state index in [4.69, 9.17) is 0 Å². The number of pyridine rings is 3. The number of aromatic nitrogens is 6. The Morgan fingerprint density at radius 3 is 2.65 bits per heavy atom. The smallest absolute Gasteiger partial charge is 0.155 e. The van der Waals surface area contributed by atoms with E-state index in [0.717, 1.165) is 61.3 Å². The maximum Gasteiger partial charge on any atom is 0.155 e. The minimum absolute atomic E-state index is 0.754. The molecule has 1 aromatic carbocycles. The SMILES string of the molecule is Cc1ccncc1-c1cnc2[nH]nc(-c3cc4c(-c5ccccn5)cccc4[nH]3)c2c1. The normalized spacial score (nSPS) is 11.4. The molecule has 0 saturated heterocycles. The summed E-state index contributed by atoms with van der Waals surface area (Å²) in [4.78, 5) is 16.9. The number of hydrogen-bond donors (Lipinski definition) is 2. The quantitative estimate of drug-likeness (QED) is 0.407. The highest BCUT2D eigenvalue weighted by Gasteiger charge is 2.15. The maximum atomic E-state index is 4.59. The Morgan fingerprint density at radius 1 is 0.806 bits per heavy atom. The van der Waals surface area contributed by atoms with Gasteiger partial charge in [-0.05, 0) is 48.9 Å². The summed E-state index contributed by atoms with van der Waals surface area (Å²) in [6.45, 7) is 2.08. The lowest BCUT2D eigenvalue weighted by Gasteiger charge is -2.04. The first-order valence-electron chi connectivity index (χ1n) is 10.1. The predicted octanol–water partition coefficient (Wildman–Crippen LogP) is 5.54. The second-order valence-electron chi connectivity index (χ2n) is 7.55. The van der Waals surface area contributed by atoms with E-state index in [1.54, 1.807) is 6.20 Å².